The number of fused-ring (bicyclic) bond motifs is 1. The van der Waals surface area contributed by atoms with Gasteiger partial charge in [0.05, 0.1) is 5.02 Å². The largest absolute Gasteiger partial charge is 0.486 e. The van der Waals surface area contributed by atoms with Crippen molar-refractivity contribution in [3.05, 3.63) is 52.5 Å². The van der Waals surface area contributed by atoms with E-state index in [0.29, 0.717) is 30.5 Å². The molecule has 3 rings (SSSR count). The first-order chi connectivity index (χ1) is 10.3. The predicted molar refractivity (Wildman–Crippen MR) is 85.6 cm³/mol. The number of ether oxygens (including phenoxy) is 2. The van der Waals surface area contributed by atoms with Gasteiger partial charge in [-0.2, -0.15) is 0 Å². The minimum atomic E-state index is 0.550. The number of nitrogens with one attached hydrogen (secondary N) is 1. The summed E-state index contributed by atoms with van der Waals surface area (Å²) < 4.78 is 11.1. The average molecular weight is 304 g/mol. The van der Waals surface area contributed by atoms with Crippen molar-refractivity contribution in [2.45, 2.75) is 19.9 Å². The molecule has 0 unspecified atom stereocenters. The van der Waals surface area contributed by atoms with Crippen molar-refractivity contribution in [2.24, 2.45) is 0 Å². The number of benzene rings is 2. The standard InChI is InChI=1S/C17H18ClNO2/c1-2-12-4-3-5-14(8-12)19-11-13-9-15(18)17-16(10-13)20-6-7-21-17/h3-5,8-10,19H,2,6-7,11H2,1H3. The Morgan fingerprint density at radius 3 is 2.81 bits per heavy atom. The van der Waals surface area contributed by atoms with Gasteiger partial charge in [-0.05, 0) is 41.8 Å². The lowest BCUT2D eigenvalue weighted by atomic mass is 10.1. The summed E-state index contributed by atoms with van der Waals surface area (Å²) in [4.78, 5) is 0. The number of aryl methyl sites for hydroxylation is 1. The van der Waals surface area contributed by atoms with Gasteiger partial charge in [0.25, 0.3) is 0 Å². The van der Waals surface area contributed by atoms with Crippen molar-refractivity contribution < 1.29 is 9.47 Å². The summed E-state index contributed by atoms with van der Waals surface area (Å²) in [5.41, 5.74) is 3.51. The van der Waals surface area contributed by atoms with Gasteiger partial charge in [0.15, 0.2) is 11.5 Å². The zero-order valence-electron chi connectivity index (χ0n) is 12.0. The SMILES string of the molecule is CCc1cccc(NCc2cc(Cl)c3c(c2)OCCO3)c1. The van der Waals surface area contributed by atoms with Crippen molar-refractivity contribution >= 4 is 17.3 Å². The molecule has 110 valence electrons. The summed E-state index contributed by atoms with van der Waals surface area (Å²) >= 11 is 6.24. The van der Waals surface area contributed by atoms with E-state index in [4.69, 9.17) is 21.1 Å². The Balaban J connectivity index is 1.74. The third kappa shape index (κ3) is 3.24. The number of rotatable bonds is 4. The van der Waals surface area contributed by atoms with Gasteiger partial charge in [-0.25, -0.2) is 0 Å². The maximum Gasteiger partial charge on any atom is 0.179 e. The highest BCUT2D eigenvalue weighted by molar-refractivity contribution is 6.32. The van der Waals surface area contributed by atoms with E-state index in [1.54, 1.807) is 0 Å². The first kappa shape index (κ1) is 14.1. The Bertz CT molecular complexity index is 643. The molecule has 0 radical (unpaired) electrons. The van der Waals surface area contributed by atoms with Crippen LogP contribution >= 0.6 is 11.6 Å². The first-order valence-corrected chi connectivity index (χ1v) is 7.55. The molecule has 21 heavy (non-hydrogen) atoms. The Labute approximate surface area is 129 Å². The van der Waals surface area contributed by atoms with Gasteiger partial charge < -0.3 is 14.8 Å². The van der Waals surface area contributed by atoms with Crippen LogP contribution in [-0.4, -0.2) is 13.2 Å². The maximum atomic E-state index is 6.24. The number of anilines is 1. The van der Waals surface area contributed by atoms with Gasteiger partial charge in [0.1, 0.15) is 13.2 Å². The van der Waals surface area contributed by atoms with Crippen molar-refractivity contribution in [1.29, 1.82) is 0 Å². The van der Waals surface area contributed by atoms with Crippen LogP contribution in [0.2, 0.25) is 5.02 Å². The van der Waals surface area contributed by atoms with Crippen molar-refractivity contribution in [2.75, 3.05) is 18.5 Å². The van der Waals surface area contributed by atoms with Gasteiger partial charge in [-0.3, -0.25) is 0 Å². The van der Waals surface area contributed by atoms with E-state index in [2.05, 4.69) is 36.5 Å². The summed E-state index contributed by atoms with van der Waals surface area (Å²) in [5.74, 6) is 1.38. The first-order valence-electron chi connectivity index (χ1n) is 7.17. The molecule has 0 atom stereocenters. The van der Waals surface area contributed by atoms with E-state index in [9.17, 15) is 0 Å². The van der Waals surface area contributed by atoms with Crippen LogP contribution in [0, 0.1) is 0 Å². The highest BCUT2D eigenvalue weighted by atomic mass is 35.5. The van der Waals surface area contributed by atoms with Crippen LogP contribution in [0.1, 0.15) is 18.1 Å². The zero-order valence-corrected chi connectivity index (χ0v) is 12.7. The summed E-state index contributed by atoms with van der Waals surface area (Å²) in [5, 5.41) is 4.02. The van der Waals surface area contributed by atoms with E-state index in [0.717, 1.165) is 23.4 Å². The van der Waals surface area contributed by atoms with Crippen LogP contribution in [0.25, 0.3) is 0 Å². The van der Waals surface area contributed by atoms with E-state index in [1.165, 1.54) is 5.56 Å². The highest BCUT2D eigenvalue weighted by Gasteiger charge is 2.16. The van der Waals surface area contributed by atoms with Crippen LogP contribution in [0.5, 0.6) is 11.5 Å². The second kappa shape index (κ2) is 6.27. The van der Waals surface area contributed by atoms with Gasteiger partial charge in [0.2, 0.25) is 0 Å². The zero-order chi connectivity index (χ0) is 14.7. The van der Waals surface area contributed by atoms with E-state index in [-0.39, 0.29) is 0 Å². The van der Waals surface area contributed by atoms with E-state index in [1.807, 2.05) is 12.1 Å². The fourth-order valence-corrected chi connectivity index (χ4v) is 2.66. The van der Waals surface area contributed by atoms with Crippen molar-refractivity contribution in [3.8, 4) is 11.5 Å². The van der Waals surface area contributed by atoms with Gasteiger partial charge >= 0.3 is 0 Å². The van der Waals surface area contributed by atoms with E-state index >= 15 is 0 Å². The molecule has 1 aliphatic heterocycles. The minimum absolute atomic E-state index is 0.550. The molecule has 1 aliphatic rings. The second-order valence-corrected chi connectivity index (χ2v) is 5.42. The summed E-state index contributed by atoms with van der Waals surface area (Å²) in [6.45, 7) is 3.97. The molecule has 0 saturated carbocycles. The molecule has 0 bridgehead atoms. The Morgan fingerprint density at radius 2 is 1.95 bits per heavy atom. The predicted octanol–water partition coefficient (Wildman–Crippen LogP) is 4.29. The molecule has 1 heterocycles. The highest BCUT2D eigenvalue weighted by Crippen LogP contribution is 2.38. The summed E-state index contributed by atoms with van der Waals surface area (Å²) in [7, 11) is 0. The fourth-order valence-electron chi connectivity index (χ4n) is 2.37. The van der Waals surface area contributed by atoms with Gasteiger partial charge in [-0.15, -0.1) is 0 Å². The molecular formula is C17H18ClNO2. The summed E-state index contributed by atoms with van der Waals surface area (Å²) in [6, 6.07) is 12.3. The van der Waals surface area contributed by atoms with E-state index < -0.39 is 0 Å². The molecular weight excluding hydrogens is 286 g/mol. The lowest BCUT2D eigenvalue weighted by molar-refractivity contribution is 0.171. The molecule has 3 nitrogen and oxygen atoms in total. The fraction of sp³-hybridized carbons (Fsp3) is 0.294. The topological polar surface area (TPSA) is 30.5 Å². The molecule has 1 N–H and O–H groups in total. The van der Waals surface area contributed by atoms with Crippen molar-refractivity contribution in [3.63, 3.8) is 0 Å². The summed E-state index contributed by atoms with van der Waals surface area (Å²) in [6.07, 6.45) is 1.03. The van der Waals surface area contributed by atoms with Crippen molar-refractivity contribution in [1.82, 2.24) is 0 Å². The molecule has 2 aromatic carbocycles. The monoisotopic (exact) mass is 303 g/mol. The van der Waals surface area contributed by atoms with Gasteiger partial charge in [0, 0.05) is 12.2 Å². The van der Waals surface area contributed by atoms with Crippen LogP contribution in [-0.2, 0) is 13.0 Å². The molecule has 4 heteroatoms. The third-order valence-corrected chi connectivity index (χ3v) is 3.77. The number of halogens is 1. The molecule has 2 aromatic rings. The van der Waals surface area contributed by atoms with Crippen LogP contribution in [0.4, 0.5) is 5.69 Å². The molecule has 0 aliphatic carbocycles. The maximum absolute atomic E-state index is 6.24. The third-order valence-electron chi connectivity index (χ3n) is 3.49. The quantitative estimate of drug-likeness (QED) is 0.914. The van der Waals surface area contributed by atoms with Crippen LogP contribution in [0.15, 0.2) is 36.4 Å². The Kier molecular flexibility index (Phi) is 4.20. The normalized spacial score (nSPS) is 13.0. The lowest BCUT2D eigenvalue weighted by Crippen LogP contribution is -2.16. The minimum Gasteiger partial charge on any atom is -0.486 e. The lowest BCUT2D eigenvalue weighted by Gasteiger charge is -2.20. The smallest absolute Gasteiger partial charge is 0.179 e. The Hall–Kier alpha value is -1.87. The molecule has 0 fully saturated rings. The molecule has 0 saturated heterocycles. The van der Waals surface area contributed by atoms with Crippen LogP contribution in [0.3, 0.4) is 0 Å². The average Bonchev–Trinajstić information content (AvgIpc) is 2.53. The van der Waals surface area contributed by atoms with Gasteiger partial charge in [-0.1, -0.05) is 30.7 Å². The number of hydrogen-bond acceptors (Lipinski definition) is 3. The molecule has 0 aromatic heterocycles. The molecule has 0 spiro atoms. The molecule has 0 amide bonds. The second-order valence-electron chi connectivity index (χ2n) is 5.01. The number of hydrogen-bond donors (Lipinski definition) is 1. The Morgan fingerprint density at radius 1 is 1.10 bits per heavy atom. The van der Waals surface area contributed by atoms with Crippen LogP contribution < -0.4 is 14.8 Å².